The Bertz CT molecular complexity index is 731. The molecule has 0 aliphatic carbocycles. The van der Waals surface area contributed by atoms with Gasteiger partial charge in [0.2, 0.25) is 5.91 Å². The van der Waals surface area contributed by atoms with Gasteiger partial charge in [0.1, 0.15) is 0 Å². The van der Waals surface area contributed by atoms with Gasteiger partial charge < -0.3 is 10.1 Å². The molecule has 2 saturated heterocycles. The van der Waals surface area contributed by atoms with E-state index >= 15 is 0 Å². The van der Waals surface area contributed by atoms with Crippen molar-refractivity contribution < 1.29 is 14.3 Å². The van der Waals surface area contributed by atoms with Gasteiger partial charge >= 0.3 is 0 Å². The maximum Gasteiger partial charge on any atom is 0.251 e. The quantitative estimate of drug-likeness (QED) is 0.468. The zero-order valence-electron chi connectivity index (χ0n) is 14.7. The van der Waals surface area contributed by atoms with Gasteiger partial charge in [-0.2, -0.15) is 0 Å². The summed E-state index contributed by atoms with van der Waals surface area (Å²) in [6.45, 7) is 6.48. The second kappa shape index (κ2) is 8.48. The standard InChI is InChI=1S/C18H22N4O3S/c1-13-3-2-4-14(11-13)22-17(24)15(16(23)20-18(22)26)12-19-5-6-21-7-9-25-10-8-21/h2-4,11-12,15H,5-10H2,1H3,(H,20,23,26)/t15-/m0/s1. The summed E-state index contributed by atoms with van der Waals surface area (Å²) in [6, 6.07) is 7.43. The number of anilines is 1. The van der Waals surface area contributed by atoms with E-state index in [1.807, 2.05) is 25.1 Å². The second-order valence-corrected chi connectivity index (χ2v) is 6.68. The molecule has 8 heteroatoms. The molecule has 2 fully saturated rings. The normalized spacial score (nSPS) is 22.1. The highest BCUT2D eigenvalue weighted by Crippen LogP contribution is 2.21. The fourth-order valence-electron chi connectivity index (χ4n) is 2.94. The molecule has 1 aromatic rings. The first-order valence-corrected chi connectivity index (χ1v) is 9.02. The predicted octanol–water partition coefficient (Wildman–Crippen LogP) is 0.762. The molecule has 138 valence electrons. The molecular formula is C18H22N4O3S. The lowest BCUT2D eigenvalue weighted by atomic mass is 10.1. The third-order valence-corrected chi connectivity index (χ3v) is 4.65. The number of nitrogens with one attached hydrogen (secondary N) is 1. The van der Waals surface area contributed by atoms with E-state index in [9.17, 15) is 9.59 Å². The molecule has 2 heterocycles. The maximum atomic E-state index is 12.8. The highest BCUT2D eigenvalue weighted by atomic mass is 32.1. The minimum atomic E-state index is -0.966. The monoisotopic (exact) mass is 374 g/mol. The zero-order valence-corrected chi connectivity index (χ0v) is 15.5. The molecule has 0 spiro atoms. The Labute approximate surface area is 158 Å². The first-order valence-electron chi connectivity index (χ1n) is 8.62. The van der Waals surface area contributed by atoms with Crippen LogP contribution in [0.5, 0.6) is 0 Å². The van der Waals surface area contributed by atoms with E-state index in [-0.39, 0.29) is 11.0 Å². The molecule has 2 aliphatic heterocycles. The van der Waals surface area contributed by atoms with Gasteiger partial charge in [0, 0.05) is 25.8 Å². The van der Waals surface area contributed by atoms with Crippen LogP contribution in [0.3, 0.4) is 0 Å². The second-order valence-electron chi connectivity index (χ2n) is 6.29. The molecule has 26 heavy (non-hydrogen) atoms. The summed E-state index contributed by atoms with van der Waals surface area (Å²) >= 11 is 5.19. The Kier molecular flexibility index (Phi) is 6.08. The molecule has 0 aromatic heterocycles. The van der Waals surface area contributed by atoms with E-state index < -0.39 is 11.8 Å². The number of morpholine rings is 1. The van der Waals surface area contributed by atoms with Gasteiger partial charge in [-0.15, -0.1) is 0 Å². The molecule has 3 rings (SSSR count). The number of hydrogen-bond donors (Lipinski definition) is 1. The lowest BCUT2D eigenvalue weighted by Crippen LogP contribution is -2.58. The van der Waals surface area contributed by atoms with E-state index in [1.54, 1.807) is 6.07 Å². The molecular weight excluding hydrogens is 352 g/mol. The number of thiocarbonyl (C=S) groups is 1. The van der Waals surface area contributed by atoms with Crippen molar-refractivity contribution in [2.75, 3.05) is 44.3 Å². The first kappa shape index (κ1) is 18.6. The topological polar surface area (TPSA) is 74.2 Å². The Morgan fingerprint density at radius 1 is 1.35 bits per heavy atom. The molecule has 0 unspecified atom stereocenters. The van der Waals surface area contributed by atoms with E-state index in [2.05, 4.69) is 15.2 Å². The molecule has 1 N–H and O–H groups in total. The zero-order chi connectivity index (χ0) is 18.5. The Morgan fingerprint density at radius 3 is 2.85 bits per heavy atom. The van der Waals surface area contributed by atoms with E-state index in [0.717, 1.165) is 38.4 Å². The fourth-order valence-corrected chi connectivity index (χ4v) is 3.23. The summed E-state index contributed by atoms with van der Waals surface area (Å²) < 4.78 is 5.31. The number of hydrogen-bond acceptors (Lipinski definition) is 6. The van der Waals surface area contributed by atoms with E-state index in [4.69, 9.17) is 17.0 Å². The third-order valence-electron chi connectivity index (χ3n) is 4.37. The van der Waals surface area contributed by atoms with Crippen LogP contribution in [0.25, 0.3) is 0 Å². The van der Waals surface area contributed by atoms with Gasteiger partial charge in [0.25, 0.3) is 5.91 Å². The van der Waals surface area contributed by atoms with Crippen LogP contribution in [-0.2, 0) is 14.3 Å². The lowest BCUT2D eigenvalue weighted by Gasteiger charge is -2.31. The maximum absolute atomic E-state index is 12.8. The number of amides is 2. The summed E-state index contributed by atoms with van der Waals surface area (Å²) in [5.41, 5.74) is 1.65. The van der Waals surface area contributed by atoms with Crippen LogP contribution in [-0.4, -0.2) is 67.4 Å². The summed E-state index contributed by atoms with van der Waals surface area (Å²) in [4.78, 5) is 32.9. The number of carbonyl (C=O) groups excluding carboxylic acids is 2. The van der Waals surface area contributed by atoms with Crippen molar-refractivity contribution >= 4 is 41.0 Å². The summed E-state index contributed by atoms with van der Waals surface area (Å²) in [7, 11) is 0. The number of carbonyl (C=O) groups is 2. The molecule has 1 atom stereocenters. The molecule has 1 aromatic carbocycles. The van der Waals surface area contributed by atoms with Gasteiger partial charge in [0.15, 0.2) is 11.0 Å². The van der Waals surface area contributed by atoms with Crippen LogP contribution < -0.4 is 10.2 Å². The van der Waals surface area contributed by atoms with Gasteiger partial charge in [0.05, 0.1) is 25.4 Å². The fraction of sp³-hybridized carbons (Fsp3) is 0.444. The number of aryl methyl sites for hydroxylation is 1. The van der Waals surface area contributed by atoms with Gasteiger partial charge in [-0.1, -0.05) is 12.1 Å². The number of aliphatic imine (C=N–C) groups is 1. The third kappa shape index (κ3) is 4.32. The smallest absolute Gasteiger partial charge is 0.251 e. The summed E-state index contributed by atoms with van der Waals surface area (Å²) in [6.07, 6.45) is 1.43. The SMILES string of the molecule is Cc1cccc(N2C(=O)[C@@H](C=NCCN3CCOCC3)C(=O)NC2=S)c1. The van der Waals surface area contributed by atoms with Gasteiger partial charge in [-0.25, -0.2) is 0 Å². The average Bonchev–Trinajstić information content (AvgIpc) is 2.61. The van der Waals surface area contributed by atoms with Gasteiger partial charge in [-0.05, 0) is 36.8 Å². The van der Waals surface area contributed by atoms with Crippen LogP contribution in [0.15, 0.2) is 29.3 Å². The van der Waals surface area contributed by atoms with Crippen LogP contribution in [0, 0.1) is 12.8 Å². The first-order chi connectivity index (χ1) is 12.6. The molecule has 0 saturated carbocycles. The van der Waals surface area contributed by atoms with Crippen LogP contribution >= 0.6 is 12.2 Å². The van der Waals surface area contributed by atoms with Crippen LogP contribution in [0.1, 0.15) is 5.56 Å². The predicted molar refractivity (Wildman–Crippen MR) is 104 cm³/mol. The number of rotatable bonds is 5. The van der Waals surface area contributed by atoms with Crippen LogP contribution in [0.2, 0.25) is 0 Å². The Hall–Kier alpha value is -2.16. The molecule has 2 amide bonds. The minimum absolute atomic E-state index is 0.101. The minimum Gasteiger partial charge on any atom is -0.379 e. The van der Waals surface area contributed by atoms with E-state index in [1.165, 1.54) is 11.1 Å². The van der Waals surface area contributed by atoms with Crippen molar-refractivity contribution in [3.63, 3.8) is 0 Å². The van der Waals surface area contributed by atoms with Crippen molar-refractivity contribution in [3.8, 4) is 0 Å². The summed E-state index contributed by atoms with van der Waals surface area (Å²) in [5, 5.41) is 2.70. The van der Waals surface area contributed by atoms with Gasteiger partial charge in [-0.3, -0.25) is 24.4 Å². The van der Waals surface area contributed by atoms with Crippen LogP contribution in [0.4, 0.5) is 5.69 Å². The van der Waals surface area contributed by atoms with E-state index in [0.29, 0.717) is 12.2 Å². The lowest BCUT2D eigenvalue weighted by molar-refractivity contribution is -0.130. The largest absolute Gasteiger partial charge is 0.379 e. The van der Waals surface area contributed by atoms with Crippen molar-refractivity contribution in [3.05, 3.63) is 29.8 Å². The number of ether oxygens (including phenoxy) is 1. The van der Waals surface area contributed by atoms with Crippen molar-refractivity contribution in [2.24, 2.45) is 10.9 Å². The highest BCUT2D eigenvalue weighted by molar-refractivity contribution is 7.80. The average molecular weight is 374 g/mol. The Balaban J connectivity index is 1.66. The molecule has 2 aliphatic rings. The molecule has 0 bridgehead atoms. The number of benzene rings is 1. The van der Waals surface area contributed by atoms with Crippen molar-refractivity contribution in [1.82, 2.24) is 10.2 Å². The van der Waals surface area contributed by atoms with Crippen molar-refractivity contribution in [2.45, 2.75) is 6.92 Å². The highest BCUT2D eigenvalue weighted by Gasteiger charge is 2.38. The Morgan fingerprint density at radius 2 is 2.12 bits per heavy atom. The molecule has 0 radical (unpaired) electrons. The number of nitrogens with zero attached hydrogens (tertiary/aromatic N) is 3. The summed E-state index contributed by atoms with van der Waals surface area (Å²) in [5.74, 6) is -1.77. The van der Waals surface area contributed by atoms with Crippen molar-refractivity contribution in [1.29, 1.82) is 0 Å². The molecule has 7 nitrogen and oxygen atoms in total.